The Balaban J connectivity index is 0.00000320. The third-order valence-electron chi connectivity index (χ3n) is 5.58. The van der Waals surface area contributed by atoms with Crippen LogP contribution in [-0.4, -0.2) is 55.1 Å². The Morgan fingerprint density at radius 1 is 1.33 bits per heavy atom. The van der Waals surface area contributed by atoms with Crippen molar-refractivity contribution in [1.82, 2.24) is 24.2 Å². The molecular formula is C21H38N5O3P. The summed E-state index contributed by atoms with van der Waals surface area (Å²) in [5.41, 5.74) is 0.638. The van der Waals surface area contributed by atoms with Crippen LogP contribution in [0.4, 0.5) is 0 Å². The number of imidazole rings is 1. The van der Waals surface area contributed by atoms with Crippen molar-refractivity contribution in [1.29, 1.82) is 0 Å². The molecule has 0 bridgehead atoms. The first kappa shape index (κ1) is 24.9. The lowest BCUT2D eigenvalue weighted by Gasteiger charge is -2.37. The molecule has 2 aromatic heterocycles. The predicted octanol–water partition coefficient (Wildman–Crippen LogP) is 4.45. The van der Waals surface area contributed by atoms with E-state index < -0.39 is 8.30 Å². The van der Waals surface area contributed by atoms with Crippen molar-refractivity contribution >= 4 is 19.5 Å². The normalized spacial score (nSPS) is 25.4. The number of hydrogen-bond acceptors (Lipinski definition) is 6. The number of ether oxygens (including phenoxy) is 1. The van der Waals surface area contributed by atoms with E-state index in [0.717, 1.165) is 6.42 Å². The molecule has 0 amide bonds. The molecule has 30 heavy (non-hydrogen) atoms. The Morgan fingerprint density at radius 2 is 1.97 bits per heavy atom. The van der Waals surface area contributed by atoms with E-state index in [0.29, 0.717) is 29.1 Å². The van der Waals surface area contributed by atoms with Gasteiger partial charge in [-0.3, -0.25) is 14.0 Å². The Hall–Kier alpha value is -1.34. The fourth-order valence-corrected chi connectivity index (χ4v) is 6.45. The second-order valence-electron chi connectivity index (χ2n) is 8.41. The van der Waals surface area contributed by atoms with Gasteiger partial charge in [-0.25, -0.2) is 9.97 Å². The molecule has 0 aliphatic carbocycles. The molecule has 3 rings (SSSR count). The molecule has 1 aliphatic heterocycles. The number of rotatable bonds is 7. The molecular weight excluding hydrogens is 401 g/mol. The molecule has 0 radical (unpaired) electrons. The summed E-state index contributed by atoms with van der Waals surface area (Å²) in [6, 6.07) is 0.780. The maximum atomic E-state index is 12.3. The van der Waals surface area contributed by atoms with Crippen LogP contribution in [0, 0.1) is 12.8 Å². The predicted molar refractivity (Wildman–Crippen MR) is 123 cm³/mol. The fourth-order valence-electron chi connectivity index (χ4n) is 4.39. The number of H-pyrrole nitrogens is 1. The average Bonchev–Trinajstić information content (AvgIpc) is 3.16. The molecule has 0 aromatic carbocycles. The summed E-state index contributed by atoms with van der Waals surface area (Å²) in [5.74, 6) is 0.778. The van der Waals surface area contributed by atoms with Crippen LogP contribution >= 0.6 is 8.30 Å². The van der Waals surface area contributed by atoms with Gasteiger partial charge in [0.25, 0.3) is 5.56 Å². The molecule has 170 valence electrons. The highest BCUT2D eigenvalue weighted by Crippen LogP contribution is 2.49. The zero-order chi connectivity index (χ0) is 21.5. The van der Waals surface area contributed by atoms with Crippen LogP contribution in [0.1, 0.15) is 67.4 Å². The van der Waals surface area contributed by atoms with E-state index in [1.54, 1.807) is 13.3 Å². The van der Waals surface area contributed by atoms with Crippen molar-refractivity contribution in [3.63, 3.8) is 0 Å². The van der Waals surface area contributed by atoms with Gasteiger partial charge in [0.2, 0.25) is 0 Å². The monoisotopic (exact) mass is 439 g/mol. The second-order valence-corrected chi connectivity index (χ2v) is 10.0. The van der Waals surface area contributed by atoms with Crippen LogP contribution in [0.5, 0.6) is 0 Å². The zero-order valence-electron chi connectivity index (χ0n) is 18.7. The number of nitrogens with one attached hydrogen (secondary N) is 1. The number of aryl methyl sites for hydroxylation is 1. The number of aromatic amines is 1. The second kappa shape index (κ2) is 9.86. The van der Waals surface area contributed by atoms with Crippen LogP contribution in [0.3, 0.4) is 0 Å². The van der Waals surface area contributed by atoms with Gasteiger partial charge in [-0.2, -0.15) is 0 Å². The van der Waals surface area contributed by atoms with Gasteiger partial charge in [-0.15, -0.1) is 0 Å². The molecule has 2 unspecified atom stereocenters. The minimum absolute atomic E-state index is 0. The molecule has 1 N–H and O–H groups in total. The minimum atomic E-state index is -0.811. The van der Waals surface area contributed by atoms with Crippen molar-refractivity contribution in [2.24, 2.45) is 5.92 Å². The molecule has 8 nitrogen and oxygen atoms in total. The molecule has 0 spiro atoms. The van der Waals surface area contributed by atoms with Gasteiger partial charge in [-0.1, -0.05) is 21.3 Å². The van der Waals surface area contributed by atoms with Crippen LogP contribution in [0.15, 0.2) is 11.1 Å². The maximum Gasteiger partial charge on any atom is 0.279 e. The van der Waals surface area contributed by atoms with E-state index >= 15 is 0 Å². The van der Waals surface area contributed by atoms with Gasteiger partial charge in [-0.05, 0) is 47.7 Å². The molecule has 9 heteroatoms. The highest BCUT2D eigenvalue weighted by molar-refractivity contribution is 7.49. The van der Waals surface area contributed by atoms with E-state index in [-0.39, 0.29) is 37.3 Å². The van der Waals surface area contributed by atoms with Crippen molar-refractivity contribution < 1.29 is 9.26 Å². The van der Waals surface area contributed by atoms with Crippen molar-refractivity contribution in [2.45, 2.75) is 92.8 Å². The first-order valence-electron chi connectivity index (χ1n) is 10.4. The fraction of sp³-hybridized carbons (Fsp3) is 0.762. The Labute approximate surface area is 181 Å². The van der Waals surface area contributed by atoms with E-state index in [1.807, 2.05) is 4.57 Å². The van der Waals surface area contributed by atoms with Crippen LogP contribution < -0.4 is 5.56 Å². The Bertz CT molecular complexity index is 888. The first-order chi connectivity index (χ1) is 13.6. The molecule has 1 fully saturated rings. The van der Waals surface area contributed by atoms with Gasteiger partial charge in [0, 0.05) is 18.0 Å². The summed E-state index contributed by atoms with van der Waals surface area (Å²) in [4.78, 5) is 23.8. The topological polar surface area (TPSA) is 85.3 Å². The van der Waals surface area contributed by atoms with E-state index in [2.05, 4.69) is 67.8 Å². The van der Waals surface area contributed by atoms with Gasteiger partial charge in [0.05, 0.1) is 12.4 Å². The largest absolute Gasteiger partial charge is 0.352 e. The van der Waals surface area contributed by atoms with Crippen molar-refractivity contribution in [2.75, 3.05) is 6.66 Å². The smallest absolute Gasteiger partial charge is 0.279 e. The summed E-state index contributed by atoms with van der Waals surface area (Å²) in [6.45, 7) is 17.0. The van der Waals surface area contributed by atoms with Gasteiger partial charge >= 0.3 is 0 Å². The van der Waals surface area contributed by atoms with Gasteiger partial charge in [0.15, 0.2) is 17.4 Å². The summed E-state index contributed by atoms with van der Waals surface area (Å²) < 4.78 is 17.4. The molecule has 2 aromatic rings. The van der Waals surface area contributed by atoms with Crippen LogP contribution in [-0.2, 0) is 9.26 Å². The van der Waals surface area contributed by atoms with Gasteiger partial charge < -0.3 is 14.2 Å². The minimum Gasteiger partial charge on any atom is -0.352 e. The molecule has 1 aliphatic rings. The first-order valence-corrected chi connectivity index (χ1v) is 12.1. The molecule has 5 atom stereocenters. The molecule has 3 heterocycles. The highest BCUT2D eigenvalue weighted by Gasteiger charge is 2.45. The third-order valence-corrected chi connectivity index (χ3v) is 7.71. The summed E-state index contributed by atoms with van der Waals surface area (Å²) in [7, 11) is -0.811. The van der Waals surface area contributed by atoms with Gasteiger partial charge in [0.1, 0.15) is 20.2 Å². The lowest BCUT2D eigenvalue weighted by Crippen LogP contribution is -2.35. The quantitative estimate of drug-likeness (QED) is 0.642. The Morgan fingerprint density at radius 3 is 2.53 bits per heavy atom. The third kappa shape index (κ3) is 4.62. The lowest BCUT2D eigenvalue weighted by atomic mass is 9.99. The SMILES string of the molecule is C.CC[C@H]1O[C@@H](n2cnc3c(=O)[nH]c(C)nc32)C(OP(C)N(C(C)C)C(C)C)[C@H]1C. The summed E-state index contributed by atoms with van der Waals surface area (Å²) in [5, 5.41) is 0. The van der Waals surface area contributed by atoms with Crippen molar-refractivity contribution in [3.8, 4) is 0 Å². The standard InChI is InChI=1S/C20H34N5O3P.CH4/c1-9-15-13(6)17(28-29(8)25(11(2)3)12(4)5)20(27-15)24-10-21-16-18(24)22-14(7)23-19(16)26;/h10-13,15,17,20H,9H2,1-8H3,(H,22,23,26);1H4/t13-,15+,17?,20+,29?;/m0./s1. The van der Waals surface area contributed by atoms with E-state index in [4.69, 9.17) is 9.26 Å². The highest BCUT2D eigenvalue weighted by atomic mass is 31.2. The number of nitrogens with zero attached hydrogens (tertiary/aromatic N) is 4. The number of fused-ring (bicyclic) bond motifs is 1. The summed E-state index contributed by atoms with van der Waals surface area (Å²) >= 11 is 0. The molecule has 1 saturated heterocycles. The van der Waals surface area contributed by atoms with Crippen molar-refractivity contribution in [3.05, 3.63) is 22.5 Å². The summed E-state index contributed by atoms with van der Waals surface area (Å²) in [6.07, 6.45) is 2.13. The number of hydrogen-bond donors (Lipinski definition) is 1. The van der Waals surface area contributed by atoms with E-state index in [1.165, 1.54) is 0 Å². The zero-order valence-corrected chi connectivity index (χ0v) is 19.6. The number of aromatic nitrogens is 4. The Kier molecular flexibility index (Phi) is 8.19. The van der Waals surface area contributed by atoms with E-state index in [9.17, 15) is 4.79 Å². The van der Waals surface area contributed by atoms with Crippen LogP contribution in [0.2, 0.25) is 0 Å². The average molecular weight is 440 g/mol. The molecule has 0 saturated carbocycles. The van der Waals surface area contributed by atoms with Crippen LogP contribution in [0.25, 0.3) is 11.2 Å². The lowest BCUT2D eigenvalue weighted by molar-refractivity contribution is -0.0287. The maximum absolute atomic E-state index is 12.3.